The number of carboxylic acid groups (broad SMARTS) is 1. The second-order valence-corrected chi connectivity index (χ2v) is 3.46. The van der Waals surface area contributed by atoms with Crippen LogP contribution in [0.1, 0.15) is 12.5 Å². The molecular formula is C12H15NO4. The lowest BCUT2D eigenvalue weighted by molar-refractivity contribution is -0.138. The first-order chi connectivity index (χ1) is 8.11. The summed E-state index contributed by atoms with van der Waals surface area (Å²) in [6, 6.07) is 7.40. The van der Waals surface area contributed by atoms with Crippen LogP contribution in [0.5, 0.6) is 5.75 Å². The van der Waals surface area contributed by atoms with Crippen LogP contribution < -0.4 is 10.1 Å². The number of hydrogen-bond donors (Lipinski definition) is 2. The largest absolute Gasteiger partial charge is 0.484 e. The second kappa shape index (κ2) is 6.52. The van der Waals surface area contributed by atoms with E-state index in [1.165, 1.54) is 5.56 Å². The third-order valence-corrected chi connectivity index (χ3v) is 2.14. The fraction of sp³-hybridized carbons (Fsp3) is 0.333. The predicted octanol–water partition coefficient (Wildman–Crippen LogP) is 0.829. The topological polar surface area (TPSA) is 75.6 Å². The number of carboxylic acids is 1. The molecule has 0 heterocycles. The van der Waals surface area contributed by atoms with Crippen LogP contribution >= 0.6 is 0 Å². The van der Waals surface area contributed by atoms with Gasteiger partial charge >= 0.3 is 5.97 Å². The molecule has 5 nitrogen and oxygen atoms in total. The minimum atomic E-state index is -1.08. The van der Waals surface area contributed by atoms with Gasteiger partial charge in [0.25, 0.3) is 5.91 Å². The summed E-state index contributed by atoms with van der Waals surface area (Å²) >= 11 is 0. The molecule has 0 saturated carbocycles. The fourth-order valence-corrected chi connectivity index (χ4v) is 1.20. The monoisotopic (exact) mass is 237 g/mol. The van der Waals surface area contributed by atoms with Crippen molar-refractivity contribution >= 4 is 11.9 Å². The van der Waals surface area contributed by atoms with Crippen molar-refractivity contribution in [1.29, 1.82) is 0 Å². The maximum Gasteiger partial charge on any atom is 0.322 e. The molecule has 0 bridgehead atoms. The number of nitrogens with one attached hydrogen (secondary N) is 1. The number of rotatable bonds is 6. The third-order valence-electron chi connectivity index (χ3n) is 2.14. The van der Waals surface area contributed by atoms with Gasteiger partial charge in [0.15, 0.2) is 6.61 Å². The average molecular weight is 237 g/mol. The van der Waals surface area contributed by atoms with E-state index in [9.17, 15) is 9.59 Å². The number of amides is 1. The minimum Gasteiger partial charge on any atom is -0.484 e. The number of aliphatic carboxylic acids is 1. The summed E-state index contributed by atoms with van der Waals surface area (Å²) in [4.78, 5) is 21.3. The minimum absolute atomic E-state index is 0.182. The van der Waals surface area contributed by atoms with Gasteiger partial charge in [-0.2, -0.15) is 0 Å². The van der Waals surface area contributed by atoms with Crippen LogP contribution in [0.2, 0.25) is 0 Å². The van der Waals surface area contributed by atoms with Crippen LogP contribution in [0, 0.1) is 0 Å². The van der Waals surface area contributed by atoms with Gasteiger partial charge in [-0.3, -0.25) is 9.59 Å². The second-order valence-electron chi connectivity index (χ2n) is 3.46. The number of aryl methyl sites for hydroxylation is 1. The normalized spacial score (nSPS) is 9.71. The highest BCUT2D eigenvalue weighted by molar-refractivity contribution is 5.82. The summed E-state index contributed by atoms with van der Waals surface area (Å²) in [5.41, 5.74) is 1.19. The molecule has 0 aromatic heterocycles. The molecule has 17 heavy (non-hydrogen) atoms. The van der Waals surface area contributed by atoms with Gasteiger partial charge < -0.3 is 15.2 Å². The number of benzene rings is 1. The van der Waals surface area contributed by atoms with E-state index in [4.69, 9.17) is 9.84 Å². The molecule has 0 saturated heterocycles. The SMILES string of the molecule is CCc1ccc(OCC(=O)NCC(=O)O)cc1. The van der Waals surface area contributed by atoms with Crippen molar-refractivity contribution in [1.82, 2.24) is 5.32 Å². The van der Waals surface area contributed by atoms with Gasteiger partial charge in [-0.1, -0.05) is 19.1 Å². The summed E-state index contributed by atoms with van der Waals surface area (Å²) in [5.74, 6) is -0.940. The van der Waals surface area contributed by atoms with Gasteiger partial charge in [-0.25, -0.2) is 0 Å². The molecule has 2 N–H and O–H groups in total. The van der Waals surface area contributed by atoms with E-state index in [0.717, 1.165) is 6.42 Å². The van der Waals surface area contributed by atoms with Gasteiger partial charge in [0.1, 0.15) is 12.3 Å². The summed E-state index contributed by atoms with van der Waals surface area (Å²) in [6.07, 6.45) is 0.944. The molecule has 5 heteroatoms. The van der Waals surface area contributed by atoms with E-state index < -0.39 is 18.4 Å². The quantitative estimate of drug-likeness (QED) is 0.768. The van der Waals surface area contributed by atoms with E-state index in [-0.39, 0.29) is 6.61 Å². The Hall–Kier alpha value is -2.04. The fourth-order valence-electron chi connectivity index (χ4n) is 1.20. The van der Waals surface area contributed by atoms with Crippen molar-refractivity contribution in [3.63, 3.8) is 0 Å². The average Bonchev–Trinajstić information content (AvgIpc) is 2.34. The van der Waals surface area contributed by atoms with Crippen molar-refractivity contribution < 1.29 is 19.4 Å². The summed E-state index contributed by atoms with van der Waals surface area (Å²) in [6.45, 7) is 1.48. The number of ether oxygens (including phenoxy) is 1. The molecule has 0 radical (unpaired) electrons. The first-order valence-electron chi connectivity index (χ1n) is 5.32. The zero-order valence-corrected chi connectivity index (χ0v) is 9.60. The van der Waals surface area contributed by atoms with Crippen LogP contribution in [-0.2, 0) is 16.0 Å². The Bertz CT molecular complexity index is 386. The molecular weight excluding hydrogens is 222 g/mol. The molecule has 1 aromatic carbocycles. The summed E-state index contributed by atoms with van der Waals surface area (Å²) in [5, 5.41) is 10.6. The van der Waals surface area contributed by atoms with E-state index in [2.05, 4.69) is 12.2 Å². The van der Waals surface area contributed by atoms with Crippen LogP contribution in [0.15, 0.2) is 24.3 Å². The first-order valence-corrected chi connectivity index (χ1v) is 5.32. The Labute approximate surface area is 99.4 Å². The molecule has 0 unspecified atom stereocenters. The Kier molecular flexibility index (Phi) is 5.00. The van der Waals surface area contributed by atoms with E-state index in [1.54, 1.807) is 12.1 Å². The first kappa shape index (κ1) is 13.0. The van der Waals surface area contributed by atoms with Gasteiger partial charge in [-0.15, -0.1) is 0 Å². The van der Waals surface area contributed by atoms with Crippen LogP contribution in [0.25, 0.3) is 0 Å². The molecule has 1 amide bonds. The molecule has 92 valence electrons. The van der Waals surface area contributed by atoms with Crippen molar-refractivity contribution in [2.24, 2.45) is 0 Å². The lowest BCUT2D eigenvalue weighted by Gasteiger charge is -2.06. The van der Waals surface area contributed by atoms with Crippen LogP contribution in [0.4, 0.5) is 0 Å². The number of carbonyl (C=O) groups excluding carboxylic acids is 1. The number of hydrogen-bond acceptors (Lipinski definition) is 3. The zero-order chi connectivity index (χ0) is 12.7. The van der Waals surface area contributed by atoms with Gasteiger partial charge in [0.05, 0.1) is 0 Å². The molecule has 0 aliphatic carbocycles. The van der Waals surface area contributed by atoms with Crippen LogP contribution in [0.3, 0.4) is 0 Å². The maximum absolute atomic E-state index is 11.1. The highest BCUT2D eigenvalue weighted by atomic mass is 16.5. The van der Waals surface area contributed by atoms with E-state index in [1.807, 2.05) is 12.1 Å². The highest BCUT2D eigenvalue weighted by Crippen LogP contribution is 2.12. The van der Waals surface area contributed by atoms with Gasteiger partial charge in [0, 0.05) is 0 Å². The number of carbonyl (C=O) groups is 2. The van der Waals surface area contributed by atoms with Gasteiger partial charge in [-0.05, 0) is 24.1 Å². The third kappa shape index (κ3) is 5.01. The van der Waals surface area contributed by atoms with Gasteiger partial charge in [0.2, 0.25) is 0 Å². The molecule has 0 spiro atoms. The Balaban J connectivity index is 2.34. The smallest absolute Gasteiger partial charge is 0.322 e. The predicted molar refractivity (Wildman–Crippen MR) is 62.0 cm³/mol. The molecule has 0 fully saturated rings. The maximum atomic E-state index is 11.1. The standard InChI is InChI=1S/C12H15NO4/c1-2-9-3-5-10(6-4-9)17-8-11(14)13-7-12(15)16/h3-6H,2,7-8H2,1H3,(H,13,14)(H,15,16). The molecule has 1 rings (SSSR count). The van der Waals surface area contributed by atoms with Crippen molar-refractivity contribution in [3.05, 3.63) is 29.8 Å². The summed E-state index contributed by atoms with van der Waals surface area (Å²) < 4.78 is 5.19. The van der Waals surface area contributed by atoms with E-state index >= 15 is 0 Å². The molecule has 0 atom stereocenters. The van der Waals surface area contributed by atoms with E-state index in [0.29, 0.717) is 5.75 Å². The lowest BCUT2D eigenvalue weighted by atomic mass is 10.2. The highest BCUT2D eigenvalue weighted by Gasteiger charge is 2.04. The lowest BCUT2D eigenvalue weighted by Crippen LogP contribution is -2.33. The zero-order valence-electron chi connectivity index (χ0n) is 9.60. The Morgan fingerprint density at radius 1 is 1.29 bits per heavy atom. The van der Waals surface area contributed by atoms with Crippen LogP contribution in [-0.4, -0.2) is 30.1 Å². The van der Waals surface area contributed by atoms with Crippen molar-refractivity contribution in [3.8, 4) is 5.75 Å². The van der Waals surface area contributed by atoms with Crippen molar-refractivity contribution in [2.75, 3.05) is 13.2 Å². The van der Waals surface area contributed by atoms with Crippen molar-refractivity contribution in [2.45, 2.75) is 13.3 Å². The Morgan fingerprint density at radius 2 is 1.94 bits per heavy atom. The molecule has 0 aliphatic rings. The Morgan fingerprint density at radius 3 is 2.47 bits per heavy atom. The summed E-state index contributed by atoms with van der Waals surface area (Å²) in [7, 11) is 0. The molecule has 0 aliphatic heterocycles. The molecule has 1 aromatic rings.